The van der Waals surface area contributed by atoms with Crippen molar-refractivity contribution in [3.05, 3.63) is 39.9 Å². The smallest absolute Gasteiger partial charge is 0.269 e. The van der Waals surface area contributed by atoms with Crippen LogP contribution in [0.3, 0.4) is 0 Å². The lowest BCUT2D eigenvalue weighted by atomic mass is 9.96. The van der Waals surface area contributed by atoms with Gasteiger partial charge in [-0.2, -0.15) is 0 Å². The van der Waals surface area contributed by atoms with Crippen LogP contribution in [0.15, 0.2) is 24.3 Å². The highest BCUT2D eigenvalue weighted by molar-refractivity contribution is 7.80. The molecule has 1 amide bonds. The number of hydrogen-bond acceptors (Lipinski definition) is 4. The SMILES string of the molecule is O=C(NNC(=S)NC1CCCCC1)c1ccc([N+](=O)[O-])cc1. The highest BCUT2D eigenvalue weighted by Crippen LogP contribution is 2.17. The van der Waals surface area contributed by atoms with Crippen molar-refractivity contribution in [3.8, 4) is 0 Å². The van der Waals surface area contributed by atoms with Gasteiger partial charge in [0.15, 0.2) is 5.11 Å². The molecule has 0 heterocycles. The summed E-state index contributed by atoms with van der Waals surface area (Å²) in [5.74, 6) is -0.400. The van der Waals surface area contributed by atoms with Gasteiger partial charge in [-0.05, 0) is 37.2 Å². The maximum atomic E-state index is 11.9. The van der Waals surface area contributed by atoms with Crippen LogP contribution in [0.4, 0.5) is 5.69 Å². The van der Waals surface area contributed by atoms with Crippen LogP contribution in [0.5, 0.6) is 0 Å². The Morgan fingerprint density at radius 1 is 1.14 bits per heavy atom. The van der Waals surface area contributed by atoms with Crippen LogP contribution in [0, 0.1) is 10.1 Å². The number of hydrazine groups is 1. The fraction of sp³-hybridized carbons (Fsp3) is 0.429. The summed E-state index contributed by atoms with van der Waals surface area (Å²) in [5.41, 5.74) is 5.39. The lowest BCUT2D eigenvalue weighted by molar-refractivity contribution is -0.384. The maximum Gasteiger partial charge on any atom is 0.269 e. The van der Waals surface area contributed by atoms with Gasteiger partial charge in [0.1, 0.15) is 0 Å². The first-order valence-corrected chi connectivity index (χ1v) is 7.58. The Hall–Kier alpha value is -2.22. The van der Waals surface area contributed by atoms with E-state index in [9.17, 15) is 14.9 Å². The molecular weight excluding hydrogens is 304 g/mol. The van der Waals surface area contributed by atoms with Crippen molar-refractivity contribution in [1.82, 2.24) is 16.2 Å². The summed E-state index contributed by atoms with van der Waals surface area (Å²) < 4.78 is 0. The van der Waals surface area contributed by atoms with Crippen LogP contribution < -0.4 is 16.2 Å². The number of carbonyl (C=O) groups is 1. The molecule has 0 unspecified atom stereocenters. The highest BCUT2D eigenvalue weighted by atomic mass is 32.1. The van der Waals surface area contributed by atoms with Crippen LogP contribution in [0.2, 0.25) is 0 Å². The molecule has 1 aromatic rings. The van der Waals surface area contributed by atoms with Gasteiger partial charge >= 0.3 is 0 Å². The first-order chi connectivity index (χ1) is 10.6. The van der Waals surface area contributed by atoms with Crippen molar-refractivity contribution >= 4 is 28.9 Å². The molecule has 1 aromatic carbocycles. The van der Waals surface area contributed by atoms with Gasteiger partial charge in [-0.3, -0.25) is 25.8 Å². The number of thiocarbonyl (C=S) groups is 1. The van der Waals surface area contributed by atoms with E-state index in [2.05, 4.69) is 16.2 Å². The van der Waals surface area contributed by atoms with Gasteiger partial charge in [-0.1, -0.05) is 19.3 Å². The molecule has 0 aliphatic heterocycles. The zero-order valence-corrected chi connectivity index (χ0v) is 12.8. The topological polar surface area (TPSA) is 96.3 Å². The fourth-order valence-electron chi connectivity index (χ4n) is 2.39. The summed E-state index contributed by atoms with van der Waals surface area (Å²) in [7, 11) is 0. The largest absolute Gasteiger partial charge is 0.359 e. The first kappa shape index (κ1) is 16.2. The first-order valence-electron chi connectivity index (χ1n) is 7.17. The summed E-state index contributed by atoms with van der Waals surface area (Å²) in [5, 5.41) is 14.1. The number of non-ortho nitro benzene ring substituents is 1. The Morgan fingerprint density at radius 3 is 2.36 bits per heavy atom. The summed E-state index contributed by atoms with van der Waals surface area (Å²) in [4.78, 5) is 21.9. The molecule has 1 aliphatic rings. The second-order valence-corrected chi connectivity index (χ2v) is 5.60. The molecule has 22 heavy (non-hydrogen) atoms. The Balaban J connectivity index is 1.78. The van der Waals surface area contributed by atoms with Gasteiger partial charge in [-0.15, -0.1) is 0 Å². The van der Waals surface area contributed by atoms with E-state index in [1.165, 1.54) is 43.5 Å². The number of hydrogen-bond donors (Lipinski definition) is 3. The van der Waals surface area contributed by atoms with Crippen molar-refractivity contribution in [2.24, 2.45) is 0 Å². The number of rotatable bonds is 3. The molecule has 0 saturated heterocycles. The molecule has 0 radical (unpaired) electrons. The number of carbonyl (C=O) groups excluding carboxylic acids is 1. The molecule has 1 fully saturated rings. The van der Waals surface area contributed by atoms with Crippen molar-refractivity contribution in [1.29, 1.82) is 0 Å². The molecule has 118 valence electrons. The quantitative estimate of drug-likeness (QED) is 0.448. The number of amides is 1. The Kier molecular flexibility index (Phi) is 5.65. The lowest BCUT2D eigenvalue weighted by Gasteiger charge is -2.24. The molecule has 3 N–H and O–H groups in total. The second kappa shape index (κ2) is 7.69. The van der Waals surface area contributed by atoms with Gasteiger partial charge in [0.2, 0.25) is 0 Å². The molecule has 0 bridgehead atoms. The average Bonchev–Trinajstić information content (AvgIpc) is 2.53. The van der Waals surface area contributed by atoms with E-state index in [1.807, 2.05) is 0 Å². The molecule has 0 spiro atoms. The van der Waals surface area contributed by atoms with Crippen LogP contribution in [0.25, 0.3) is 0 Å². The predicted molar refractivity (Wildman–Crippen MR) is 86.3 cm³/mol. The van der Waals surface area contributed by atoms with E-state index in [0.29, 0.717) is 16.7 Å². The number of nitrogens with zero attached hydrogens (tertiary/aromatic N) is 1. The van der Waals surface area contributed by atoms with Crippen LogP contribution >= 0.6 is 12.2 Å². The summed E-state index contributed by atoms with van der Waals surface area (Å²) >= 11 is 5.13. The van der Waals surface area contributed by atoms with E-state index in [4.69, 9.17) is 12.2 Å². The van der Waals surface area contributed by atoms with Gasteiger partial charge < -0.3 is 5.32 Å². The minimum atomic E-state index is -0.511. The molecule has 1 saturated carbocycles. The van der Waals surface area contributed by atoms with Gasteiger partial charge in [-0.25, -0.2) is 0 Å². The molecular formula is C14H18N4O3S. The minimum Gasteiger partial charge on any atom is -0.359 e. The third kappa shape index (κ3) is 4.66. The number of nitro groups is 1. The average molecular weight is 322 g/mol. The summed E-state index contributed by atoms with van der Waals surface area (Å²) in [6, 6.07) is 5.71. The monoisotopic (exact) mass is 322 g/mol. The third-order valence-corrected chi connectivity index (χ3v) is 3.79. The Bertz CT molecular complexity index is 556. The normalized spacial score (nSPS) is 14.9. The molecule has 0 aromatic heterocycles. The van der Waals surface area contributed by atoms with Crippen molar-refractivity contribution < 1.29 is 9.72 Å². The number of nitro benzene ring substituents is 1. The van der Waals surface area contributed by atoms with Crippen LogP contribution in [-0.2, 0) is 0 Å². The standard InChI is InChI=1S/C14H18N4O3S/c19-13(10-6-8-12(9-7-10)18(20)21)16-17-14(22)15-11-4-2-1-3-5-11/h6-9,11H,1-5H2,(H,16,19)(H2,15,17,22). The van der Waals surface area contributed by atoms with Gasteiger partial charge in [0, 0.05) is 23.7 Å². The van der Waals surface area contributed by atoms with E-state index in [-0.39, 0.29) is 5.69 Å². The number of benzene rings is 1. The molecule has 7 nitrogen and oxygen atoms in total. The predicted octanol–water partition coefficient (Wildman–Crippen LogP) is 2.04. The van der Waals surface area contributed by atoms with E-state index in [1.54, 1.807) is 0 Å². The molecule has 8 heteroatoms. The maximum absolute atomic E-state index is 11.9. The highest BCUT2D eigenvalue weighted by Gasteiger charge is 2.14. The number of nitrogens with one attached hydrogen (secondary N) is 3. The van der Waals surface area contributed by atoms with E-state index >= 15 is 0 Å². The van der Waals surface area contributed by atoms with Crippen LogP contribution in [-0.4, -0.2) is 22.0 Å². The molecule has 2 rings (SSSR count). The van der Waals surface area contributed by atoms with E-state index < -0.39 is 10.8 Å². The van der Waals surface area contributed by atoms with Crippen LogP contribution in [0.1, 0.15) is 42.5 Å². The summed E-state index contributed by atoms with van der Waals surface area (Å²) in [6.45, 7) is 0. The van der Waals surface area contributed by atoms with Crippen molar-refractivity contribution in [2.75, 3.05) is 0 Å². The van der Waals surface area contributed by atoms with Crippen molar-refractivity contribution in [3.63, 3.8) is 0 Å². The Morgan fingerprint density at radius 2 is 1.77 bits per heavy atom. The second-order valence-electron chi connectivity index (χ2n) is 5.19. The summed E-state index contributed by atoms with van der Waals surface area (Å²) in [6.07, 6.45) is 5.80. The van der Waals surface area contributed by atoms with Crippen molar-refractivity contribution in [2.45, 2.75) is 38.1 Å². The molecule has 1 aliphatic carbocycles. The zero-order valence-electron chi connectivity index (χ0n) is 12.0. The van der Waals surface area contributed by atoms with Gasteiger partial charge in [0.05, 0.1) is 4.92 Å². The minimum absolute atomic E-state index is 0.0565. The lowest BCUT2D eigenvalue weighted by Crippen LogP contribution is -2.50. The fourth-order valence-corrected chi connectivity index (χ4v) is 2.61. The van der Waals surface area contributed by atoms with Gasteiger partial charge in [0.25, 0.3) is 11.6 Å². The van der Waals surface area contributed by atoms with E-state index in [0.717, 1.165) is 12.8 Å². The third-order valence-electron chi connectivity index (χ3n) is 3.57. The Labute approximate surface area is 133 Å². The molecule has 0 atom stereocenters. The zero-order chi connectivity index (χ0) is 15.9.